The van der Waals surface area contributed by atoms with Crippen molar-refractivity contribution in [1.29, 1.82) is 0 Å². The van der Waals surface area contributed by atoms with Gasteiger partial charge in [0, 0.05) is 10.2 Å². The summed E-state index contributed by atoms with van der Waals surface area (Å²) in [6.45, 7) is 0. The fourth-order valence-electron chi connectivity index (χ4n) is 1.66. The van der Waals surface area contributed by atoms with Crippen molar-refractivity contribution in [3.63, 3.8) is 0 Å². The lowest BCUT2D eigenvalue weighted by Crippen LogP contribution is -2.32. The molecule has 0 heterocycles. The van der Waals surface area contributed by atoms with Crippen molar-refractivity contribution in [3.8, 4) is 5.75 Å². The van der Waals surface area contributed by atoms with E-state index < -0.39 is 11.8 Å². The standard InChI is InChI=1S/C16H14BrN3O3/c1-23-14-4-2-3-11(9-14)10-18-20-16(22)15(21)19-13-7-5-12(17)6-8-13/h2-10H,1H3,(H,19,21)(H,20,22)/b18-10+. The van der Waals surface area contributed by atoms with E-state index in [9.17, 15) is 9.59 Å². The number of nitrogens with zero attached hydrogens (tertiary/aromatic N) is 1. The van der Waals surface area contributed by atoms with Gasteiger partial charge in [0.05, 0.1) is 13.3 Å². The number of anilines is 1. The highest BCUT2D eigenvalue weighted by atomic mass is 79.9. The minimum atomic E-state index is -0.855. The Morgan fingerprint density at radius 3 is 2.57 bits per heavy atom. The van der Waals surface area contributed by atoms with Gasteiger partial charge in [-0.15, -0.1) is 0 Å². The number of ether oxygens (including phenoxy) is 1. The lowest BCUT2D eigenvalue weighted by atomic mass is 10.2. The van der Waals surface area contributed by atoms with Gasteiger partial charge in [-0.1, -0.05) is 28.1 Å². The summed E-state index contributed by atoms with van der Waals surface area (Å²) in [5.74, 6) is -0.976. The van der Waals surface area contributed by atoms with Crippen LogP contribution in [0.5, 0.6) is 5.75 Å². The van der Waals surface area contributed by atoms with Crippen LogP contribution in [0.4, 0.5) is 5.69 Å². The van der Waals surface area contributed by atoms with Gasteiger partial charge in [-0.2, -0.15) is 5.10 Å². The summed E-state index contributed by atoms with van der Waals surface area (Å²) in [5, 5.41) is 6.22. The molecule has 0 aliphatic heterocycles. The summed E-state index contributed by atoms with van der Waals surface area (Å²) in [6.07, 6.45) is 1.42. The molecule has 0 saturated carbocycles. The van der Waals surface area contributed by atoms with E-state index in [1.54, 1.807) is 55.6 Å². The molecular formula is C16H14BrN3O3. The minimum Gasteiger partial charge on any atom is -0.497 e. The molecule has 0 aliphatic rings. The maximum atomic E-state index is 11.7. The largest absolute Gasteiger partial charge is 0.497 e. The zero-order valence-electron chi connectivity index (χ0n) is 12.2. The van der Waals surface area contributed by atoms with Gasteiger partial charge in [-0.25, -0.2) is 5.43 Å². The van der Waals surface area contributed by atoms with Crippen molar-refractivity contribution in [2.45, 2.75) is 0 Å². The highest BCUT2D eigenvalue weighted by Gasteiger charge is 2.12. The second kappa shape index (κ2) is 8.09. The molecule has 0 fully saturated rings. The molecule has 23 heavy (non-hydrogen) atoms. The van der Waals surface area contributed by atoms with Crippen LogP contribution in [0.15, 0.2) is 58.1 Å². The minimum absolute atomic E-state index is 0.519. The molecule has 2 rings (SSSR count). The first-order chi connectivity index (χ1) is 11.1. The van der Waals surface area contributed by atoms with Crippen molar-refractivity contribution in [2.24, 2.45) is 5.10 Å². The predicted octanol–water partition coefficient (Wildman–Crippen LogP) is 2.55. The van der Waals surface area contributed by atoms with Crippen molar-refractivity contribution in [3.05, 3.63) is 58.6 Å². The fraction of sp³-hybridized carbons (Fsp3) is 0.0625. The SMILES string of the molecule is COc1cccc(/C=N/NC(=O)C(=O)Nc2ccc(Br)cc2)c1. The van der Waals surface area contributed by atoms with E-state index in [4.69, 9.17) is 4.74 Å². The molecule has 0 spiro atoms. The number of nitrogens with one attached hydrogen (secondary N) is 2. The van der Waals surface area contributed by atoms with E-state index in [0.29, 0.717) is 11.4 Å². The highest BCUT2D eigenvalue weighted by molar-refractivity contribution is 9.10. The van der Waals surface area contributed by atoms with Gasteiger partial charge in [0.1, 0.15) is 5.75 Å². The Hall–Kier alpha value is -2.67. The third-order valence-electron chi connectivity index (χ3n) is 2.78. The molecule has 0 aliphatic carbocycles. The molecule has 2 N–H and O–H groups in total. The smallest absolute Gasteiger partial charge is 0.329 e. The van der Waals surface area contributed by atoms with Crippen molar-refractivity contribution in [2.75, 3.05) is 12.4 Å². The Labute approximate surface area is 141 Å². The van der Waals surface area contributed by atoms with E-state index in [0.717, 1.165) is 10.0 Å². The summed E-state index contributed by atoms with van der Waals surface area (Å²) in [5.41, 5.74) is 3.42. The molecule has 6 nitrogen and oxygen atoms in total. The number of rotatable bonds is 4. The third kappa shape index (κ3) is 5.23. The number of halogens is 1. The molecule has 2 amide bonds. The van der Waals surface area contributed by atoms with Crippen LogP contribution in [-0.4, -0.2) is 25.1 Å². The van der Waals surface area contributed by atoms with E-state index >= 15 is 0 Å². The first-order valence-electron chi connectivity index (χ1n) is 6.62. The maximum absolute atomic E-state index is 11.7. The number of benzene rings is 2. The fourth-order valence-corrected chi connectivity index (χ4v) is 1.92. The topological polar surface area (TPSA) is 79.8 Å². The molecule has 0 bridgehead atoms. The predicted molar refractivity (Wildman–Crippen MR) is 91.5 cm³/mol. The quantitative estimate of drug-likeness (QED) is 0.489. The summed E-state index contributed by atoms with van der Waals surface area (Å²) >= 11 is 3.29. The molecule has 0 aromatic heterocycles. The Bertz CT molecular complexity index is 730. The number of carbonyl (C=O) groups is 2. The number of methoxy groups -OCH3 is 1. The van der Waals surface area contributed by atoms with Crippen molar-refractivity contribution in [1.82, 2.24) is 5.43 Å². The van der Waals surface area contributed by atoms with Gasteiger partial charge in [0.2, 0.25) is 0 Å². The van der Waals surface area contributed by atoms with Crippen LogP contribution >= 0.6 is 15.9 Å². The number of hydrazone groups is 1. The van der Waals surface area contributed by atoms with Crippen LogP contribution in [0.2, 0.25) is 0 Å². The Morgan fingerprint density at radius 2 is 1.87 bits per heavy atom. The second-order valence-corrected chi connectivity index (χ2v) is 5.35. The highest BCUT2D eigenvalue weighted by Crippen LogP contribution is 2.14. The normalized spacial score (nSPS) is 10.3. The van der Waals surface area contributed by atoms with E-state index in [1.165, 1.54) is 6.21 Å². The van der Waals surface area contributed by atoms with E-state index in [2.05, 4.69) is 31.8 Å². The van der Waals surface area contributed by atoms with Crippen molar-refractivity contribution < 1.29 is 14.3 Å². The van der Waals surface area contributed by atoms with E-state index in [1.807, 2.05) is 0 Å². The lowest BCUT2D eigenvalue weighted by molar-refractivity contribution is -0.136. The molecular weight excluding hydrogens is 362 g/mol. The lowest BCUT2D eigenvalue weighted by Gasteiger charge is -2.04. The molecule has 118 valence electrons. The van der Waals surface area contributed by atoms with Gasteiger partial charge in [0.15, 0.2) is 0 Å². The van der Waals surface area contributed by atoms with Crippen LogP contribution in [0.1, 0.15) is 5.56 Å². The zero-order chi connectivity index (χ0) is 16.7. The molecule has 0 unspecified atom stereocenters. The molecule has 0 atom stereocenters. The van der Waals surface area contributed by atoms with Gasteiger partial charge in [-0.3, -0.25) is 9.59 Å². The van der Waals surface area contributed by atoms with Gasteiger partial charge in [0.25, 0.3) is 0 Å². The van der Waals surface area contributed by atoms with Crippen LogP contribution < -0.4 is 15.5 Å². The molecule has 7 heteroatoms. The summed E-state index contributed by atoms with van der Waals surface area (Å²) < 4.78 is 5.96. The number of amides is 2. The molecule has 0 radical (unpaired) electrons. The van der Waals surface area contributed by atoms with Gasteiger partial charge < -0.3 is 10.1 Å². The number of hydrogen-bond donors (Lipinski definition) is 2. The average Bonchev–Trinajstić information content (AvgIpc) is 2.57. The van der Waals surface area contributed by atoms with Crippen LogP contribution in [0.3, 0.4) is 0 Å². The Kier molecular flexibility index (Phi) is 5.87. The Balaban J connectivity index is 1.89. The number of hydrogen-bond acceptors (Lipinski definition) is 4. The molecule has 0 saturated heterocycles. The summed E-state index contributed by atoms with van der Waals surface area (Å²) in [4.78, 5) is 23.4. The van der Waals surface area contributed by atoms with Crippen LogP contribution in [-0.2, 0) is 9.59 Å². The first-order valence-corrected chi connectivity index (χ1v) is 7.42. The second-order valence-electron chi connectivity index (χ2n) is 4.44. The van der Waals surface area contributed by atoms with Crippen LogP contribution in [0, 0.1) is 0 Å². The van der Waals surface area contributed by atoms with Crippen LogP contribution in [0.25, 0.3) is 0 Å². The third-order valence-corrected chi connectivity index (χ3v) is 3.31. The Morgan fingerprint density at radius 1 is 1.13 bits per heavy atom. The zero-order valence-corrected chi connectivity index (χ0v) is 13.8. The van der Waals surface area contributed by atoms with Crippen molar-refractivity contribution >= 4 is 39.6 Å². The monoisotopic (exact) mass is 375 g/mol. The first kappa shape index (κ1) is 16.7. The molecule has 2 aromatic carbocycles. The van der Waals surface area contributed by atoms with E-state index in [-0.39, 0.29) is 0 Å². The number of carbonyl (C=O) groups excluding carboxylic acids is 2. The summed E-state index contributed by atoms with van der Waals surface area (Å²) in [6, 6.07) is 14.0. The van der Waals surface area contributed by atoms with Gasteiger partial charge >= 0.3 is 11.8 Å². The molecule has 2 aromatic rings. The maximum Gasteiger partial charge on any atom is 0.329 e. The summed E-state index contributed by atoms with van der Waals surface area (Å²) in [7, 11) is 1.56. The average molecular weight is 376 g/mol. The van der Waals surface area contributed by atoms with Gasteiger partial charge in [-0.05, 0) is 42.0 Å².